The molecule has 1 aromatic carbocycles. The van der Waals surface area contributed by atoms with Crippen LogP contribution in [0.5, 0.6) is 17.5 Å². The molecule has 0 spiro atoms. The first-order valence-corrected chi connectivity index (χ1v) is 9.12. The van der Waals surface area contributed by atoms with Crippen molar-refractivity contribution in [3.8, 4) is 17.5 Å². The molecule has 0 unspecified atom stereocenters. The number of hydrogen-bond acceptors (Lipinski definition) is 6. The zero-order chi connectivity index (χ0) is 19.1. The molecule has 1 N–H and O–H groups in total. The van der Waals surface area contributed by atoms with Crippen LogP contribution in [0.2, 0.25) is 0 Å². The van der Waals surface area contributed by atoms with Crippen molar-refractivity contribution in [2.75, 3.05) is 14.2 Å². The molecule has 7 heteroatoms. The monoisotopic (exact) mass is 371 g/mol. The van der Waals surface area contributed by atoms with Crippen molar-refractivity contribution in [1.29, 1.82) is 0 Å². The molecular weight excluding hydrogens is 346 g/mol. The molecule has 0 aliphatic heterocycles. The van der Waals surface area contributed by atoms with E-state index >= 15 is 0 Å². The number of ether oxygens (including phenoxy) is 3. The van der Waals surface area contributed by atoms with E-state index < -0.39 is 0 Å². The highest BCUT2D eigenvalue weighted by atomic mass is 16.5. The Morgan fingerprint density at radius 2 is 1.67 bits per heavy atom. The van der Waals surface area contributed by atoms with Crippen molar-refractivity contribution < 1.29 is 19.0 Å². The lowest BCUT2D eigenvalue weighted by Crippen LogP contribution is -2.40. The third-order valence-corrected chi connectivity index (χ3v) is 4.67. The summed E-state index contributed by atoms with van der Waals surface area (Å²) in [5, 5.41) is 3.12. The molecule has 1 aliphatic carbocycles. The van der Waals surface area contributed by atoms with Crippen molar-refractivity contribution in [3.63, 3.8) is 0 Å². The number of carbonyl (C=O) groups is 1. The molecule has 0 bridgehead atoms. The molecule has 1 aromatic heterocycles. The Labute approximate surface area is 159 Å². The van der Waals surface area contributed by atoms with Crippen molar-refractivity contribution in [2.24, 2.45) is 0 Å². The van der Waals surface area contributed by atoms with Crippen LogP contribution in [0.4, 0.5) is 0 Å². The quantitative estimate of drug-likeness (QED) is 0.805. The molecule has 1 saturated carbocycles. The highest BCUT2D eigenvalue weighted by molar-refractivity contribution is 5.78. The molecule has 1 amide bonds. The molecular formula is C20H25N3O4. The summed E-state index contributed by atoms with van der Waals surface area (Å²) in [4.78, 5) is 20.6. The second kappa shape index (κ2) is 9.21. The van der Waals surface area contributed by atoms with Gasteiger partial charge in [-0.05, 0) is 43.4 Å². The first-order valence-electron chi connectivity index (χ1n) is 9.12. The SMILES string of the molecule is COc1ccc(CC(=O)NC2CCC(Oc3nccnc3OC)CC2)cc1. The number of methoxy groups -OCH3 is 2. The van der Waals surface area contributed by atoms with Crippen LogP contribution in [0.1, 0.15) is 31.2 Å². The van der Waals surface area contributed by atoms with Gasteiger partial charge in [0.2, 0.25) is 5.91 Å². The number of nitrogens with zero attached hydrogens (tertiary/aromatic N) is 2. The van der Waals surface area contributed by atoms with Gasteiger partial charge in [-0.15, -0.1) is 0 Å². The van der Waals surface area contributed by atoms with Crippen LogP contribution < -0.4 is 19.5 Å². The minimum Gasteiger partial charge on any atom is -0.497 e. The van der Waals surface area contributed by atoms with Gasteiger partial charge in [0.15, 0.2) is 0 Å². The van der Waals surface area contributed by atoms with Crippen LogP contribution in [0.25, 0.3) is 0 Å². The van der Waals surface area contributed by atoms with E-state index in [9.17, 15) is 4.79 Å². The van der Waals surface area contributed by atoms with Gasteiger partial charge in [-0.25, -0.2) is 9.97 Å². The Kier molecular flexibility index (Phi) is 6.46. The van der Waals surface area contributed by atoms with Gasteiger partial charge in [-0.3, -0.25) is 4.79 Å². The molecule has 2 aromatic rings. The van der Waals surface area contributed by atoms with Gasteiger partial charge < -0.3 is 19.5 Å². The average molecular weight is 371 g/mol. The van der Waals surface area contributed by atoms with Gasteiger partial charge in [0.1, 0.15) is 11.9 Å². The molecule has 1 fully saturated rings. The summed E-state index contributed by atoms with van der Waals surface area (Å²) < 4.78 is 16.2. The number of amides is 1. The number of hydrogen-bond donors (Lipinski definition) is 1. The van der Waals surface area contributed by atoms with E-state index in [0.29, 0.717) is 18.2 Å². The Hall–Kier alpha value is -2.83. The lowest BCUT2D eigenvalue weighted by atomic mass is 9.92. The second-order valence-corrected chi connectivity index (χ2v) is 6.55. The predicted octanol–water partition coefficient (Wildman–Crippen LogP) is 2.54. The molecule has 1 heterocycles. The zero-order valence-corrected chi connectivity index (χ0v) is 15.7. The summed E-state index contributed by atoms with van der Waals surface area (Å²) in [6.07, 6.45) is 7.05. The predicted molar refractivity (Wildman–Crippen MR) is 100 cm³/mol. The summed E-state index contributed by atoms with van der Waals surface area (Å²) >= 11 is 0. The standard InChI is InChI=1S/C20H25N3O4/c1-25-16-7-3-14(4-8-16)13-18(24)23-15-5-9-17(10-6-15)27-20-19(26-2)21-11-12-22-20/h3-4,7-8,11-12,15,17H,5-6,9-10,13H2,1-2H3,(H,23,24). The Balaban J connectivity index is 1.44. The highest BCUT2D eigenvalue weighted by Gasteiger charge is 2.25. The first-order chi connectivity index (χ1) is 13.2. The third-order valence-electron chi connectivity index (χ3n) is 4.67. The van der Waals surface area contributed by atoms with Gasteiger partial charge in [0.05, 0.1) is 20.6 Å². The molecule has 1 aliphatic rings. The number of nitrogens with one attached hydrogen (secondary N) is 1. The zero-order valence-electron chi connectivity index (χ0n) is 15.7. The van der Waals surface area contributed by atoms with Crippen LogP contribution in [-0.2, 0) is 11.2 Å². The van der Waals surface area contributed by atoms with E-state index in [1.165, 1.54) is 0 Å². The van der Waals surface area contributed by atoms with Crippen LogP contribution in [0.3, 0.4) is 0 Å². The molecule has 0 radical (unpaired) electrons. The third kappa shape index (κ3) is 5.32. The molecule has 144 valence electrons. The Bertz CT molecular complexity index is 743. The summed E-state index contributed by atoms with van der Waals surface area (Å²) in [5.41, 5.74) is 0.972. The van der Waals surface area contributed by atoms with Gasteiger partial charge in [0, 0.05) is 18.4 Å². The van der Waals surface area contributed by atoms with Gasteiger partial charge in [0.25, 0.3) is 11.8 Å². The van der Waals surface area contributed by atoms with E-state index in [1.807, 2.05) is 24.3 Å². The van der Waals surface area contributed by atoms with E-state index in [0.717, 1.165) is 37.0 Å². The lowest BCUT2D eigenvalue weighted by molar-refractivity contribution is -0.121. The second-order valence-electron chi connectivity index (χ2n) is 6.55. The largest absolute Gasteiger partial charge is 0.497 e. The van der Waals surface area contributed by atoms with Crippen LogP contribution in [-0.4, -0.2) is 42.2 Å². The topological polar surface area (TPSA) is 82.6 Å². The van der Waals surface area contributed by atoms with Crippen molar-refractivity contribution in [1.82, 2.24) is 15.3 Å². The summed E-state index contributed by atoms with van der Waals surface area (Å²) in [5.74, 6) is 1.65. The maximum atomic E-state index is 12.3. The minimum absolute atomic E-state index is 0.0418. The van der Waals surface area contributed by atoms with Crippen LogP contribution in [0, 0.1) is 0 Å². The Morgan fingerprint density at radius 1 is 1.00 bits per heavy atom. The van der Waals surface area contributed by atoms with Gasteiger partial charge in [-0.2, -0.15) is 0 Å². The molecule has 7 nitrogen and oxygen atoms in total. The minimum atomic E-state index is 0.0418. The molecule has 0 atom stereocenters. The van der Waals surface area contributed by atoms with Crippen LogP contribution >= 0.6 is 0 Å². The molecule has 27 heavy (non-hydrogen) atoms. The van der Waals surface area contributed by atoms with Gasteiger partial charge in [-0.1, -0.05) is 12.1 Å². The number of carbonyl (C=O) groups excluding carboxylic acids is 1. The van der Waals surface area contributed by atoms with E-state index in [1.54, 1.807) is 26.6 Å². The van der Waals surface area contributed by atoms with E-state index in [2.05, 4.69) is 15.3 Å². The highest BCUT2D eigenvalue weighted by Crippen LogP contribution is 2.27. The fourth-order valence-corrected chi connectivity index (χ4v) is 3.22. The summed E-state index contributed by atoms with van der Waals surface area (Å²) in [6.45, 7) is 0. The fourth-order valence-electron chi connectivity index (χ4n) is 3.22. The fraction of sp³-hybridized carbons (Fsp3) is 0.450. The summed E-state index contributed by atoms with van der Waals surface area (Å²) in [7, 11) is 3.17. The maximum absolute atomic E-state index is 12.3. The molecule has 3 rings (SSSR count). The molecule has 0 saturated heterocycles. The number of aromatic nitrogens is 2. The van der Waals surface area contributed by atoms with Crippen LogP contribution in [0.15, 0.2) is 36.7 Å². The van der Waals surface area contributed by atoms with Gasteiger partial charge >= 0.3 is 0 Å². The van der Waals surface area contributed by atoms with Crippen molar-refractivity contribution >= 4 is 5.91 Å². The van der Waals surface area contributed by atoms with Crippen molar-refractivity contribution in [2.45, 2.75) is 44.2 Å². The van der Waals surface area contributed by atoms with E-state index in [-0.39, 0.29) is 18.1 Å². The Morgan fingerprint density at radius 3 is 2.30 bits per heavy atom. The first kappa shape index (κ1) is 18.9. The maximum Gasteiger partial charge on any atom is 0.278 e. The number of rotatable bonds is 7. The van der Waals surface area contributed by atoms with Crippen molar-refractivity contribution in [3.05, 3.63) is 42.2 Å². The lowest BCUT2D eigenvalue weighted by Gasteiger charge is -2.29. The smallest absolute Gasteiger partial charge is 0.278 e. The van der Waals surface area contributed by atoms with E-state index in [4.69, 9.17) is 14.2 Å². The normalized spacial score (nSPS) is 19.2. The average Bonchev–Trinajstić information content (AvgIpc) is 2.70. The number of benzene rings is 1. The summed E-state index contributed by atoms with van der Waals surface area (Å²) in [6, 6.07) is 7.74.